The van der Waals surface area contributed by atoms with E-state index in [0.29, 0.717) is 36.0 Å². The molecule has 2 fully saturated rings. The largest absolute Gasteiger partial charge is 0.444 e. The molecule has 2 amide bonds. The molecule has 29 heavy (non-hydrogen) atoms. The highest BCUT2D eigenvalue weighted by atomic mass is 35.5. The van der Waals surface area contributed by atoms with Crippen molar-refractivity contribution < 1.29 is 19.1 Å². The Morgan fingerprint density at radius 2 is 1.97 bits per heavy atom. The highest BCUT2D eigenvalue weighted by molar-refractivity contribution is 6.35. The van der Waals surface area contributed by atoms with Gasteiger partial charge in [-0.1, -0.05) is 23.2 Å². The molecule has 2 saturated heterocycles. The molecule has 8 heteroatoms. The van der Waals surface area contributed by atoms with Crippen molar-refractivity contribution in [3.05, 3.63) is 33.3 Å². The first-order valence-electron chi connectivity index (χ1n) is 9.93. The molecule has 0 saturated carbocycles. The number of fused-ring (bicyclic) bond motifs is 3. The van der Waals surface area contributed by atoms with Gasteiger partial charge in [-0.3, -0.25) is 9.69 Å². The Morgan fingerprint density at radius 3 is 2.66 bits per heavy atom. The zero-order valence-electron chi connectivity index (χ0n) is 17.1. The molecule has 1 aromatic carbocycles. The van der Waals surface area contributed by atoms with Crippen LogP contribution in [0, 0.1) is 0 Å². The third-order valence-electron chi connectivity index (χ3n) is 5.95. The van der Waals surface area contributed by atoms with Crippen molar-refractivity contribution in [1.29, 1.82) is 0 Å². The average molecular weight is 441 g/mol. The van der Waals surface area contributed by atoms with Crippen molar-refractivity contribution in [2.45, 2.75) is 63.8 Å². The molecule has 0 aliphatic carbocycles. The molecule has 6 nitrogen and oxygen atoms in total. The predicted molar refractivity (Wildman–Crippen MR) is 110 cm³/mol. The summed E-state index contributed by atoms with van der Waals surface area (Å²) in [6.07, 6.45) is 0.784. The number of rotatable bonds is 1. The van der Waals surface area contributed by atoms with Crippen molar-refractivity contribution in [3.8, 4) is 0 Å². The maximum absolute atomic E-state index is 13.6. The van der Waals surface area contributed by atoms with E-state index in [2.05, 4.69) is 0 Å². The lowest BCUT2D eigenvalue weighted by molar-refractivity contribution is -0.158. The third-order valence-corrected chi connectivity index (χ3v) is 6.48. The second-order valence-corrected chi connectivity index (χ2v) is 10.0. The van der Waals surface area contributed by atoms with Gasteiger partial charge in [-0.15, -0.1) is 0 Å². The van der Waals surface area contributed by atoms with Crippen LogP contribution in [0.1, 0.15) is 51.3 Å². The number of amides is 2. The maximum atomic E-state index is 13.6. The number of likely N-dealkylation sites (tertiary alicyclic amines) is 1. The van der Waals surface area contributed by atoms with Gasteiger partial charge in [0.2, 0.25) is 0 Å². The van der Waals surface area contributed by atoms with Crippen LogP contribution in [0.2, 0.25) is 10.0 Å². The molecule has 2 bridgehead atoms. The van der Waals surface area contributed by atoms with Crippen LogP contribution in [0.5, 0.6) is 0 Å². The normalized spacial score (nSPS) is 28.5. The van der Waals surface area contributed by atoms with Gasteiger partial charge < -0.3 is 14.4 Å². The first kappa shape index (κ1) is 20.8. The molecule has 0 spiro atoms. The van der Waals surface area contributed by atoms with Gasteiger partial charge >= 0.3 is 6.09 Å². The minimum atomic E-state index is -1.01. The molecular formula is C21H26Cl2N2O4. The lowest BCUT2D eigenvalue weighted by Crippen LogP contribution is -2.56. The summed E-state index contributed by atoms with van der Waals surface area (Å²) in [4.78, 5) is 29.6. The van der Waals surface area contributed by atoms with Crippen LogP contribution in [0.3, 0.4) is 0 Å². The summed E-state index contributed by atoms with van der Waals surface area (Å²) >= 11 is 12.6. The van der Waals surface area contributed by atoms with Crippen LogP contribution in [0.4, 0.5) is 4.79 Å². The summed E-state index contributed by atoms with van der Waals surface area (Å²) in [6.45, 7) is 8.60. The van der Waals surface area contributed by atoms with E-state index in [9.17, 15) is 9.59 Å². The van der Waals surface area contributed by atoms with Crippen LogP contribution >= 0.6 is 23.2 Å². The number of halogens is 2. The van der Waals surface area contributed by atoms with E-state index in [0.717, 1.165) is 11.1 Å². The number of carbonyl (C=O) groups excluding carboxylic acids is 2. The summed E-state index contributed by atoms with van der Waals surface area (Å²) in [5, 5.41) is 1.17. The Labute approximate surface area is 181 Å². The van der Waals surface area contributed by atoms with E-state index < -0.39 is 17.3 Å². The maximum Gasteiger partial charge on any atom is 0.410 e. The van der Waals surface area contributed by atoms with E-state index in [-0.39, 0.29) is 24.5 Å². The van der Waals surface area contributed by atoms with Gasteiger partial charge in [0.1, 0.15) is 5.60 Å². The predicted octanol–water partition coefficient (Wildman–Crippen LogP) is 4.22. The quantitative estimate of drug-likeness (QED) is 0.655. The summed E-state index contributed by atoms with van der Waals surface area (Å²) < 4.78 is 11.5. The summed E-state index contributed by atoms with van der Waals surface area (Å²) in [6, 6.07) is 3.31. The van der Waals surface area contributed by atoms with Crippen LogP contribution in [-0.2, 0) is 20.7 Å². The van der Waals surface area contributed by atoms with Crippen molar-refractivity contribution in [2.75, 3.05) is 19.7 Å². The highest BCUT2D eigenvalue weighted by Gasteiger charge is 2.59. The molecule has 4 rings (SSSR count). The fourth-order valence-electron chi connectivity index (χ4n) is 4.66. The zero-order chi connectivity index (χ0) is 21.1. The molecule has 3 aliphatic heterocycles. The smallest absolute Gasteiger partial charge is 0.410 e. The fraction of sp³-hybridized carbons (Fsp3) is 0.619. The first-order chi connectivity index (χ1) is 13.5. The molecule has 158 valence electrons. The van der Waals surface area contributed by atoms with Crippen molar-refractivity contribution in [2.24, 2.45) is 0 Å². The molecule has 3 heterocycles. The van der Waals surface area contributed by atoms with E-state index in [1.165, 1.54) is 0 Å². The lowest BCUT2D eigenvalue weighted by Gasteiger charge is -2.41. The Balaban J connectivity index is 1.55. The first-order valence-corrected chi connectivity index (χ1v) is 10.7. The van der Waals surface area contributed by atoms with Crippen molar-refractivity contribution in [3.63, 3.8) is 0 Å². The standard InChI is InChI=1S/C21H26Cl2N2O4/c1-12-17-13(7-14(22)8-16(17)23)5-6-24(12)18(26)21-9-15(10-28-21)25(11-21)19(27)29-20(2,3)4/h7-8,12,15H,5-6,9-11H2,1-4H3. The number of morpholine rings is 1. The van der Waals surface area contributed by atoms with E-state index >= 15 is 0 Å². The number of nitrogens with zero attached hydrogens (tertiary/aromatic N) is 2. The van der Waals surface area contributed by atoms with Crippen LogP contribution in [0.15, 0.2) is 12.1 Å². The van der Waals surface area contributed by atoms with Gasteiger partial charge in [0, 0.05) is 23.0 Å². The minimum absolute atomic E-state index is 0.0878. The lowest BCUT2D eigenvalue weighted by atomic mass is 9.91. The van der Waals surface area contributed by atoms with Gasteiger partial charge in [0.15, 0.2) is 5.60 Å². The van der Waals surface area contributed by atoms with E-state index in [1.807, 2.05) is 38.7 Å². The van der Waals surface area contributed by atoms with Gasteiger partial charge in [-0.05, 0) is 57.4 Å². The topological polar surface area (TPSA) is 59.1 Å². The number of hydrogen-bond donors (Lipinski definition) is 0. The summed E-state index contributed by atoms with van der Waals surface area (Å²) in [5.41, 5.74) is 0.416. The van der Waals surface area contributed by atoms with Crippen LogP contribution in [-0.4, -0.2) is 58.7 Å². The minimum Gasteiger partial charge on any atom is -0.444 e. The molecule has 0 aromatic heterocycles. The summed E-state index contributed by atoms with van der Waals surface area (Å²) in [7, 11) is 0. The van der Waals surface area contributed by atoms with Crippen molar-refractivity contribution in [1.82, 2.24) is 9.80 Å². The van der Waals surface area contributed by atoms with Crippen molar-refractivity contribution >= 4 is 35.2 Å². The molecule has 3 atom stereocenters. The summed E-state index contributed by atoms with van der Waals surface area (Å²) in [5.74, 6) is -0.0878. The molecule has 1 aromatic rings. The van der Waals surface area contributed by atoms with Gasteiger partial charge in [0.05, 0.1) is 25.2 Å². The van der Waals surface area contributed by atoms with Crippen LogP contribution in [0.25, 0.3) is 0 Å². The Bertz CT molecular complexity index is 869. The number of benzene rings is 1. The Kier molecular flexibility index (Phi) is 5.03. The number of hydrogen-bond acceptors (Lipinski definition) is 4. The third kappa shape index (κ3) is 3.60. The molecule has 3 aliphatic rings. The molecule has 0 N–H and O–H groups in total. The van der Waals surface area contributed by atoms with Gasteiger partial charge in [0.25, 0.3) is 5.91 Å². The Hall–Kier alpha value is -1.50. The number of carbonyl (C=O) groups is 2. The van der Waals surface area contributed by atoms with Crippen LogP contribution < -0.4 is 0 Å². The monoisotopic (exact) mass is 440 g/mol. The zero-order valence-corrected chi connectivity index (χ0v) is 18.6. The average Bonchev–Trinajstić information content (AvgIpc) is 3.19. The Morgan fingerprint density at radius 1 is 1.24 bits per heavy atom. The second kappa shape index (κ2) is 7.03. The fourth-order valence-corrected chi connectivity index (χ4v) is 5.36. The van der Waals surface area contributed by atoms with E-state index in [1.54, 1.807) is 11.0 Å². The van der Waals surface area contributed by atoms with Gasteiger partial charge in [-0.2, -0.15) is 0 Å². The molecular weight excluding hydrogens is 415 g/mol. The number of ether oxygens (including phenoxy) is 2. The molecule has 3 unspecified atom stereocenters. The highest BCUT2D eigenvalue weighted by Crippen LogP contribution is 2.43. The van der Waals surface area contributed by atoms with Gasteiger partial charge in [-0.25, -0.2) is 4.79 Å². The second-order valence-electron chi connectivity index (χ2n) is 9.16. The molecule has 0 radical (unpaired) electrons. The SMILES string of the molecule is CC1c2c(Cl)cc(Cl)cc2CCN1C(=O)C12CC(CO1)N(C(=O)OC(C)(C)C)C2. The van der Waals surface area contributed by atoms with E-state index in [4.69, 9.17) is 32.7 Å².